The third kappa shape index (κ3) is 4.15. The van der Waals surface area contributed by atoms with Crippen molar-refractivity contribution in [1.82, 2.24) is 9.88 Å². The topological polar surface area (TPSA) is 93.6 Å². The maximum Gasteiger partial charge on any atom is 0.306 e. The lowest BCUT2D eigenvalue weighted by atomic mass is 9.92. The normalized spacial score (nSPS) is 21.1. The maximum atomic E-state index is 12.4. The molecule has 0 N–H and O–H groups in total. The van der Waals surface area contributed by atoms with E-state index in [1.807, 2.05) is 0 Å². The molecule has 0 aliphatic carbocycles. The van der Waals surface area contributed by atoms with Crippen molar-refractivity contribution >= 4 is 21.7 Å². The van der Waals surface area contributed by atoms with E-state index in [1.54, 1.807) is 44.0 Å². The zero-order chi connectivity index (χ0) is 19.8. The molecule has 2 saturated heterocycles. The van der Waals surface area contributed by atoms with E-state index in [-0.39, 0.29) is 28.7 Å². The summed E-state index contributed by atoms with van der Waals surface area (Å²) in [6.45, 7) is 6.62. The minimum Gasteiger partial charge on any atom is -0.465 e. The second-order valence-electron chi connectivity index (χ2n) is 8.33. The van der Waals surface area contributed by atoms with Crippen LogP contribution in [0.2, 0.25) is 0 Å². The Hall–Kier alpha value is -1.96. The number of cyclic esters (lactones) is 1. The zero-order valence-corrected chi connectivity index (χ0v) is 16.8. The van der Waals surface area contributed by atoms with E-state index in [1.165, 1.54) is 0 Å². The van der Waals surface area contributed by atoms with Gasteiger partial charge in [0.2, 0.25) is 5.91 Å². The molecule has 2 fully saturated rings. The second kappa shape index (κ2) is 7.22. The summed E-state index contributed by atoms with van der Waals surface area (Å²) >= 11 is 0. The number of hydrogen-bond donors (Lipinski definition) is 0. The first-order chi connectivity index (χ1) is 12.6. The number of esters is 1. The summed E-state index contributed by atoms with van der Waals surface area (Å²) < 4.78 is 28.9. The third-order valence-corrected chi connectivity index (χ3v) is 7.65. The minimum atomic E-state index is -3.46. The van der Waals surface area contributed by atoms with Gasteiger partial charge in [0.05, 0.1) is 17.8 Å². The van der Waals surface area contributed by atoms with Gasteiger partial charge in [0, 0.05) is 37.5 Å². The quantitative estimate of drug-likeness (QED) is 0.709. The summed E-state index contributed by atoms with van der Waals surface area (Å²) in [5.74, 6) is 0.246. The molecule has 3 rings (SSSR count). The van der Waals surface area contributed by atoms with Gasteiger partial charge in [0.15, 0.2) is 14.9 Å². The predicted octanol–water partition coefficient (Wildman–Crippen LogP) is 1.92. The van der Waals surface area contributed by atoms with Crippen molar-refractivity contribution in [1.29, 1.82) is 0 Å². The average molecular weight is 394 g/mol. The van der Waals surface area contributed by atoms with Crippen LogP contribution in [-0.4, -0.2) is 54.6 Å². The molecule has 8 heteroatoms. The van der Waals surface area contributed by atoms with Crippen LogP contribution in [0.4, 0.5) is 0 Å². The van der Waals surface area contributed by atoms with Crippen LogP contribution in [0.1, 0.15) is 51.5 Å². The standard InChI is InChI=1S/C19H26N2O5S/c1-19(2,3)27(24,25)16-6-5-14(9-20-16)15-10-21(11-15)17(22)7-4-13-8-18(23)26-12-13/h5-6,9,13,15H,4,7-8,10-12H2,1-3H3/t13-/m0/s1. The molecule has 2 aliphatic heterocycles. The van der Waals surface area contributed by atoms with Gasteiger partial charge in [-0.05, 0) is 38.8 Å². The number of carbonyl (C=O) groups excluding carboxylic acids is 2. The van der Waals surface area contributed by atoms with Gasteiger partial charge in [0.25, 0.3) is 0 Å². The lowest BCUT2D eigenvalue weighted by Crippen LogP contribution is -2.48. The fraction of sp³-hybridized carbons (Fsp3) is 0.632. The number of rotatable bonds is 5. The Morgan fingerprint density at radius 2 is 2.00 bits per heavy atom. The van der Waals surface area contributed by atoms with Crippen LogP contribution in [0.5, 0.6) is 0 Å². The van der Waals surface area contributed by atoms with Crippen molar-refractivity contribution in [3.8, 4) is 0 Å². The molecule has 1 atom stereocenters. The van der Waals surface area contributed by atoms with E-state index >= 15 is 0 Å². The van der Waals surface area contributed by atoms with Gasteiger partial charge in [0.1, 0.15) is 0 Å². The molecule has 0 spiro atoms. The number of pyridine rings is 1. The zero-order valence-electron chi connectivity index (χ0n) is 16.0. The third-order valence-electron chi connectivity index (χ3n) is 5.25. The van der Waals surface area contributed by atoms with Crippen LogP contribution in [-0.2, 0) is 24.2 Å². The van der Waals surface area contributed by atoms with Crippen LogP contribution < -0.4 is 0 Å². The van der Waals surface area contributed by atoms with Crippen LogP contribution >= 0.6 is 0 Å². The molecule has 0 radical (unpaired) electrons. The van der Waals surface area contributed by atoms with Crippen molar-refractivity contribution in [2.75, 3.05) is 19.7 Å². The monoisotopic (exact) mass is 394 g/mol. The predicted molar refractivity (Wildman–Crippen MR) is 98.8 cm³/mol. The number of nitrogens with zero attached hydrogens (tertiary/aromatic N) is 2. The maximum absolute atomic E-state index is 12.4. The summed E-state index contributed by atoms with van der Waals surface area (Å²) in [5.41, 5.74) is 0.946. The van der Waals surface area contributed by atoms with Gasteiger partial charge in [-0.2, -0.15) is 0 Å². The summed E-state index contributed by atoms with van der Waals surface area (Å²) in [7, 11) is -3.46. The van der Waals surface area contributed by atoms with Crippen LogP contribution in [0.3, 0.4) is 0 Å². The first-order valence-corrected chi connectivity index (χ1v) is 10.7. The lowest BCUT2D eigenvalue weighted by Gasteiger charge is -2.39. The summed E-state index contributed by atoms with van der Waals surface area (Å²) in [4.78, 5) is 29.3. The van der Waals surface area contributed by atoms with E-state index in [4.69, 9.17) is 4.74 Å². The number of likely N-dealkylation sites (tertiary alicyclic amines) is 1. The molecule has 0 unspecified atom stereocenters. The summed E-state index contributed by atoms with van der Waals surface area (Å²) in [6.07, 6.45) is 3.11. The Balaban J connectivity index is 1.50. The van der Waals surface area contributed by atoms with E-state index in [0.717, 1.165) is 5.56 Å². The van der Waals surface area contributed by atoms with Gasteiger partial charge >= 0.3 is 5.97 Å². The highest BCUT2D eigenvalue weighted by atomic mass is 32.2. The highest BCUT2D eigenvalue weighted by Gasteiger charge is 2.35. The van der Waals surface area contributed by atoms with Gasteiger partial charge in [-0.15, -0.1) is 0 Å². The van der Waals surface area contributed by atoms with Crippen molar-refractivity contribution in [2.24, 2.45) is 5.92 Å². The molecular formula is C19H26N2O5S. The number of sulfone groups is 1. The van der Waals surface area contributed by atoms with Gasteiger partial charge in [-0.1, -0.05) is 6.07 Å². The number of hydrogen-bond acceptors (Lipinski definition) is 6. The Labute approximate surface area is 160 Å². The molecule has 148 valence electrons. The van der Waals surface area contributed by atoms with Crippen molar-refractivity contribution in [3.05, 3.63) is 23.9 Å². The Morgan fingerprint density at radius 1 is 1.30 bits per heavy atom. The van der Waals surface area contributed by atoms with E-state index in [9.17, 15) is 18.0 Å². The molecule has 7 nitrogen and oxygen atoms in total. The lowest BCUT2D eigenvalue weighted by molar-refractivity contribution is -0.138. The number of amides is 1. The molecule has 0 saturated carbocycles. The fourth-order valence-electron chi connectivity index (χ4n) is 3.23. The molecule has 0 aromatic carbocycles. The Kier molecular flexibility index (Phi) is 5.29. The van der Waals surface area contributed by atoms with Gasteiger partial charge < -0.3 is 9.64 Å². The largest absolute Gasteiger partial charge is 0.465 e. The van der Waals surface area contributed by atoms with Crippen molar-refractivity contribution in [2.45, 2.75) is 55.7 Å². The first kappa shape index (κ1) is 19.8. The van der Waals surface area contributed by atoms with Crippen molar-refractivity contribution < 1.29 is 22.7 Å². The van der Waals surface area contributed by atoms with E-state index in [2.05, 4.69) is 4.98 Å². The first-order valence-electron chi connectivity index (χ1n) is 9.22. The van der Waals surface area contributed by atoms with E-state index < -0.39 is 14.6 Å². The van der Waals surface area contributed by atoms with E-state index in [0.29, 0.717) is 39.0 Å². The average Bonchev–Trinajstić information content (AvgIpc) is 2.96. The summed E-state index contributed by atoms with van der Waals surface area (Å²) in [5, 5.41) is 0.0827. The SMILES string of the molecule is CC(C)(C)S(=O)(=O)c1ccc(C2CN(C(=O)CC[C@@H]3COC(=O)C3)C2)cn1. The smallest absolute Gasteiger partial charge is 0.306 e. The molecule has 3 heterocycles. The highest BCUT2D eigenvalue weighted by Crippen LogP contribution is 2.30. The summed E-state index contributed by atoms with van der Waals surface area (Å²) in [6, 6.07) is 3.34. The molecule has 0 bridgehead atoms. The van der Waals surface area contributed by atoms with Crippen molar-refractivity contribution in [3.63, 3.8) is 0 Å². The van der Waals surface area contributed by atoms with Crippen LogP contribution in [0.25, 0.3) is 0 Å². The molecule has 27 heavy (non-hydrogen) atoms. The number of ether oxygens (including phenoxy) is 1. The number of carbonyl (C=O) groups is 2. The second-order valence-corrected chi connectivity index (χ2v) is 11.0. The van der Waals surface area contributed by atoms with Gasteiger partial charge in [-0.3, -0.25) is 9.59 Å². The van der Waals surface area contributed by atoms with Gasteiger partial charge in [-0.25, -0.2) is 13.4 Å². The van der Waals surface area contributed by atoms with Crippen LogP contribution in [0, 0.1) is 5.92 Å². The molecule has 1 aromatic heterocycles. The Morgan fingerprint density at radius 3 is 2.52 bits per heavy atom. The molecule has 2 aliphatic rings. The molecular weight excluding hydrogens is 368 g/mol. The molecule has 1 aromatic rings. The minimum absolute atomic E-state index is 0.0827. The Bertz CT molecular complexity index is 821. The fourth-order valence-corrected chi connectivity index (χ4v) is 4.30. The van der Waals surface area contributed by atoms with Crippen LogP contribution in [0.15, 0.2) is 23.4 Å². The molecule has 1 amide bonds. The highest BCUT2D eigenvalue weighted by molar-refractivity contribution is 7.92. The number of aromatic nitrogens is 1.